The Kier molecular flexibility index (Phi) is 5.19. The van der Waals surface area contributed by atoms with Crippen LogP contribution in [0.2, 0.25) is 0 Å². The Morgan fingerprint density at radius 2 is 1.92 bits per heavy atom. The molecule has 0 aliphatic heterocycles. The Balaban J connectivity index is 1.59. The highest BCUT2D eigenvalue weighted by atomic mass is 16.5. The molecule has 0 aliphatic rings. The number of benzene rings is 2. The van der Waals surface area contributed by atoms with Crippen LogP contribution in [0.15, 0.2) is 60.8 Å². The Bertz CT molecular complexity index is 779. The summed E-state index contributed by atoms with van der Waals surface area (Å²) in [7, 11) is 1.63. The van der Waals surface area contributed by atoms with Gasteiger partial charge in [0.25, 0.3) is 0 Å². The highest BCUT2D eigenvalue weighted by Gasteiger charge is 2.02. The summed E-state index contributed by atoms with van der Waals surface area (Å²) in [6, 6.07) is 17.9. The standard InChI is InChI=1S/C18H19N5O/c1-24-16-9-5-8-15(12-16)21-18-22-17(13-20-23-18)19-11-10-14-6-3-2-4-7-14/h2-9,12-13H,10-11H2,1H3,(H2,19,21,22,23). The summed E-state index contributed by atoms with van der Waals surface area (Å²) in [6.07, 6.45) is 2.53. The zero-order chi connectivity index (χ0) is 16.6. The number of hydrogen-bond donors (Lipinski definition) is 2. The van der Waals surface area contributed by atoms with Crippen molar-refractivity contribution in [1.82, 2.24) is 15.2 Å². The minimum atomic E-state index is 0.438. The van der Waals surface area contributed by atoms with Crippen molar-refractivity contribution in [2.24, 2.45) is 0 Å². The minimum absolute atomic E-state index is 0.438. The molecule has 0 aliphatic carbocycles. The van der Waals surface area contributed by atoms with Crippen molar-refractivity contribution in [3.05, 3.63) is 66.4 Å². The average Bonchev–Trinajstić information content (AvgIpc) is 2.63. The summed E-state index contributed by atoms with van der Waals surface area (Å²) in [5, 5.41) is 14.4. The van der Waals surface area contributed by atoms with Crippen LogP contribution < -0.4 is 15.4 Å². The van der Waals surface area contributed by atoms with Crippen molar-refractivity contribution >= 4 is 17.5 Å². The van der Waals surface area contributed by atoms with E-state index in [1.54, 1.807) is 13.3 Å². The van der Waals surface area contributed by atoms with Crippen LogP contribution in [-0.2, 0) is 6.42 Å². The molecule has 0 unspecified atom stereocenters. The molecule has 3 aromatic rings. The molecule has 6 heteroatoms. The first kappa shape index (κ1) is 15.7. The molecule has 6 nitrogen and oxygen atoms in total. The van der Waals surface area contributed by atoms with Gasteiger partial charge in [-0.15, -0.1) is 5.10 Å². The van der Waals surface area contributed by atoms with Gasteiger partial charge in [-0.3, -0.25) is 0 Å². The van der Waals surface area contributed by atoms with E-state index >= 15 is 0 Å². The maximum atomic E-state index is 5.20. The van der Waals surface area contributed by atoms with E-state index in [0.717, 1.165) is 24.4 Å². The summed E-state index contributed by atoms with van der Waals surface area (Å²) in [5.74, 6) is 1.89. The lowest BCUT2D eigenvalue weighted by atomic mass is 10.1. The van der Waals surface area contributed by atoms with Crippen LogP contribution in [0.5, 0.6) is 5.75 Å². The summed E-state index contributed by atoms with van der Waals surface area (Å²) < 4.78 is 5.20. The van der Waals surface area contributed by atoms with E-state index in [0.29, 0.717) is 11.8 Å². The third-order valence-electron chi connectivity index (χ3n) is 3.45. The van der Waals surface area contributed by atoms with E-state index < -0.39 is 0 Å². The van der Waals surface area contributed by atoms with Crippen molar-refractivity contribution in [2.75, 3.05) is 24.3 Å². The second-order valence-electron chi connectivity index (χ2n) is 5.18. The predicted molar refractivity (Wildman–Crippen MR) is 94.7 cm³/mol. The molecule has 0 fully saturated rings. The third kappa shape index (κ3) is 4.42. The third-order valence-corrected chi connectivity index (χ3v) is 3.45. The van der Waals surface area contributed by atoms with Crippen LogP contribution in [-0.4, -0.2) is 28.8 Å². The Labute approximate surface area is 140 Å². The normalized spacial score (nSPS) is 10.2. The molecule has 0 spiro atoms. The van der Waals surface area contributed by atoms with E-state index in [2.05, 4.69) is 37.9 Å². The van der Waals surface area contributed by atoms with Gasteiger partial charge in [0.1, 0.15) is 5.75 Å². The van der Waals surface area contributed by atoms with Gasteiger partial charge >= 0.3 is 0 Å². The van der Waals surface area contributed by atoms with Gasteiger partial charge in [-0.1, -0.05) is 36.4 Å². The van der Waals surface area contributed by atoms with Crippen LogP contribution in [0.4, 0.5) is 17.5 Å². The predicted octanol–water partition coefficient (Wildman–Crippen LogP) is 3.28. The summed E-state index contributed by atoms with van der Waals surface area (Å²) in [4.78, 5) is 4.42. The summed E-state index contributed by atoms with van der Waals surface area (Å²) in [6.45, 7) is 0.779. The smallest absolute Gasteiger partial charge is 0.249 e. The highest BCUT2D eigenvalue weighted by Crippen LogP contribution is 2.19. The molecule has 2 N–H and O–H groups in total. The number of anilines is 3. The lowest BCUT2D eigenvalue weighted by molar-refractivity contribution is 0.415. The number of rotatable bonds is 7. The molecule has 0 atom stereocenters. The largest absolute Gasteiger partial charge is 0.497 e. The van der Waals surface area contributed by atoms with E-state index in [1.807, 2.05) is 42.5 Å². The first-order valence-corrected chi connectivity index (χ1v) is 7.72. The first-order chi connectivity index (χ1) is 11.8. The number of nitrogens with one attached hydrogen (secondary N) is 2. The van der Waals surface area contributed by atoms with Gasteiger partial charge in [0.15, 0.2) is 5.82 Å². The second kappa shape index (κ2) is 7.92. The molecular weight excluding hydrogens is 302 g/mol. The molecule has 0 saturated heterocycles. The Morgan fingerprint density at radius 1 is 1.04 bits per heavy atom. The molecular formula is C18H19N5O. The van der Waals surface area contributed by atoms with Gasteiger partial charge in [0.05, 0.1) is 13.3 Å². The maximum absolute atomic E-state index is 5.20. The van der Waals surface area contributed by atoms with Crippen LogP contribution >= 0.6 is 0 Å². The topological polar surface area (TPSA) is 72.0 Å². The number of methoxy groups -OCH3 is 1. The van der Waals surface area contributed by atoms with Gasteiger partial charge in [-0.2, -0.15) is 10.1 Å². The van der Waals surface area contributed by atoms with Crippen LogP contribution in [0.1, 0.15) is 5.56 Å². The molecule has 1 heterocycles. The zero-order valence-electron chi connectivity index (χ0n) is 13.4. The van der Waals surface area contributed by atoms with Crippen LogP contribution in [0, 0.1) is 0 Å². The molecule has 0 bridgehead atoms. The first-order valence-electron chi connectivity index (χ1n) is 7.72. The number of nitrogens with zero attached hydrogens (tertiary/aromatic N) is 3. The molecule has 2 aromatic carbocycles. The molecule has 24 heavy (non-hydrogen) atoms. The molecule has 1 aromatic heterocycles. The molecule has 3 rings (SSSR count). The van der Waals surface area contributed by atoms with E-state index in [1.165, 1.54) is 5.56 Å². The fraction of sp³-hybridized carbons (Fsp3) is 0.167. The molecule has 0 radical (unpaired) electrons. The molecule has 0 amide bonds. The highest BCUT2D eigenvalue weighted by molar-refractivity contribution is 5.56. The lowest BCUT2D eigenvalue weighted by Gasteiger charge is -2.08. The zero-order valence-corrected chi connectivity index (χ0v) is 13.4. The maximum Gasteiger partial charge on any atom is 0.249 e. The molecule has 122 valence electrons. The SMILES string of the molecule is COc1cccc(Nc2nncc(NCCc3ccccc3)n2)c1. The summed E-state index contributed by atoms with van der Waals surface area (Å²) in [5.41, 5.74) is 2.12. The minimum Gasteiger partial charge on any atom is -0.497 e. The van der Waals surface area contributed by atoms with Gasteiger partial charge in [-0.25, -0.2) is 0 Å². The van der Waals surface area contributed by atoms with Crippen molar-refractivity contribution in [1.29, 1.82) is 0 Å². The van der Waals surface area contributed by atoms with Crippen molar-refractivity contribution in [2.45, 2.75) is 6.42 Å². The Morgan fingerprint density at radius 3 is 2.75 bits per heavy atom. The van der Waals surface area contributed by atoms with Crippen LogP contribution in [0.25, 0.3) is 0 Å². The van der Waals surface area contributed by atoms with Crippen molar-refractivity contribution < 1.29 is 4.74 Å². The fourth-order valence-electron chi connectivity index (χ4n) is 2.25. The quantitative estimate of drug-likeness (QED) is 0.696. The summed E-state index contributed by atoms with van der Waals surface area (Å²) >= 11 is 0. The number of aromatic nitrogens is 3. The second-order valence-corrected chi connectivity index (χ2v) is 5.18. The van der Waals surface area contributed by atoms with Gasteiger partial charge < -0.3 is 15.4 Å². The van der Waals surface area contributed by atoms with Gasteiger partial charge in [-0.05, 0) is 24.1 Å². The molecule has 0 saturated carbocycles. The number of hydrogen-bond acceptors (Lipinski definition) is 6. The average molecular weight is 321 g/mol. The van der Waals surface area contributed by atoms with E-state index in [9.17, 15) is 0 Å². The van der Waals surface area contributed by atoms with Gasteiger partial charge in [0, 0.05) is 18.3 Å². The lowest BCUT2D eigenvalue weighted by Crippen LogP contribution is -2.08. The van der Waals surface area contributed by atoms with Crippen molar-refractivity contribution in [3.8, 4) is 5.75 Å². The monoisotopic (exact) mass is 321 g/mol. The van der Waals surface area contributed by atoms with Crippen LogP contribution in [0.3, 0.4) is 0 Å². The number of ether oxygens (including phenoxy) is 1. The fourth-order valence-corrected chi connectivity index (χ4v) is 2.25. The van der Waals surface area contributed by atoms with E-state index in [4.69, 9.17) is 4.74 Å². The van der Waals surface area contributed by atoms with E-state index in [-0.39, 0.29) is 0 Å². The Hall–Kier alpha value is -3.15. The van der Waals surface area contributed by atoms with Crippen molar-refractivity contribution in [3.63, 3.8) is 0 Å². The van der Waals surface area contributed by atoms with Gasteiger partial charge in [0.2, 0.25) is 5.95 Å².